The van der Waals surface area contributed by atoms with Crippen LogP contribution in [0.1, 0.15) is 43.4 Å². The van der Waals surface area contributed by atoms with E-state index in [1.807, 2.05) is 0 Å². The molecule has 1 fully saturated rings. The highest BCUT2D eigenvalue weighted by Gasteiger charge is 2.31. The van der Waals surface area contributed by atoms with Gasteiger partial charge in [-0.1, -0.05) is 19.3 Å². The van der Waals surface area contributed by atoms with Gasteiger partial charge in [0.15, 0.2) is 0 Å². The first-order chi connectivity index (χ1) is 16.6. The zero-order valence-corrected chi connectivity index (χ0v) is 19.0. The summed E-state index contributed by atoms with van der Waals surface area (Å²) in [6, 6.07) is 7.98. The topological polar surface area (TPSA) is 98.4 Å². The first-order valence-electron chi connectivity index (χ1n) is 11.3. The van der Waals surface area contributed by atoms with Crippen LogP contribution >= 0.6 is 0 Å². The first kappa shape index (κ1) is 24.4. The van der Waals surface area contributed by atoms with E-state index in [1.54, 1.807) is 19.1 Å². The van der Waals surface area contributed by atoms with Gasteiger partial charge in [0, 0.05) is 12.1 Å². The van der Waals surface area contributed by atoms with Crippen LogP contribution in [0.5, 0.6) is 11.6 Å². The Hall–Kier alpha value is -3.76. The van der Waals surface area contributed by atoms with Crippen LogP contribution in [0.4, 0.5) is 19.0 Å². The molecule has 0 saturated heterocycles. The van der Waals surface area contributed by atoms with Gasteiger partial charge in [0.2, 0.25) is 11.8 Å². The molecule has 1 aromatic carbocycles. The summed E-state index contributed by atoms with van der Waals surface area (Å²) in [6.45, 7) is 1.65. The normalized spacial score (nSPS) is 14.6. The van der Waals surface area contributed by atoms with E-state index in [0.717, 1.165) is 48.8 Å². The number of rotatable bonds is 6. The minimum absolute atomic E-state index is 0.0297. The van der Waals surface area contributed by atoms with Gasteiger partial charge in [0.25, 0.3) is 0 Å². The zero-order valence-electron chi connectivity index (χ0n) is 19.0. The lowest BCUT2D eigenvalue weighted by Crippen LogP contribution is -2.26. The van der Waals surface area contributed by atoms with Crippen LogP contribution in [0, 0.1) is 12.8 Å². The third kappa shape index (κ3) is 5.67. The third-order valence-corrected chi connectivity index (χ3v) is 6.08. The summed E-state index contributed by atoms with van der Waals surface area (Å²) < 4.78 is 43.4. The second-order valence-electron chi connectivity index (χ2n) is 8.53. The van der Waals surface area contributed by atoms with Crippen molar-refractivity contribution in [3.05, 3.63) is 64.3 Å². The maximum atomic E-state index is 13.1. The maximum Gasteiger partial charge on any atom is 0.573 e. The molecule has 4 rings (SSSR count). The Labute approximate surface area is 199 Å². The van der Waals surface area contributed by atoms with Gasteiger partial charge in [-0.3, -0.25) is 9.36 Å². The number of amides is 1. The van der Waals surface area contributed by atoms with Gasteiger partial charge in [-0.05, 0) is 61.7 Å². The molecule has 1 amide bonds. The summed E-state index contributed by atoms with van der Waals surface area (Å²) in [6.07, 6.45) is 1.62. The van der Waals surface area contributed by atoms with E-state index in [2.05, 4.69) is 15.0 Å². The number of ether oxygens (including phenoxy) is 1. The van der Waals surface area contributed by atoms with Gasteiger partial charge in [-0.25, -0.2) is 14.3 Å². The number of anilines is 1. The number of nitrogens with zero attached hydrogens (tertiary/aromatic N) is 3. The highest BCUT2D eigenvalue weighted by atomic mass is 19.4. The van der Waals surface area contributed by atoms with Crippen LogP contribution < -0.4 is 15.7 Å². The van der Waals surface area contributed by atoms with Gasteiger partial charge < -0.3 is 15.2 Å². The van der Waals surface area contributed by atoms with Crippen molar-refractivity contribution in [1.29, 1.82) is 0 Å². The minimum Gasteiger partial charge on any atom is -0.493 e. The Morgan fingerprint density at radius 1 is 1.17 bits per heavy atom. The molecular weight excluding hydrogens is 465 g/mol. The van der Waals surface area contributed by atoms with E-state index in [4.69, 9.17) is 0 Å². The number of aromatic nitrogens is 3. The second kappa shape index (κ2) is 9.85. The number of imidazole rings is 1. The maximum absolute atomic E-state index is 13.1. The molecule has 11 heteroatoms. The number of carbonyl (C=O) groups is 1. The van der Waals surface area contributed by atoms with Gasteiger partial charge in [0.05, 0.1) is 17.9 Å². The van der Waals surface area contributed by atoms with Gasteiger partial charge in [0.1, 0.15) is 11.6 Å². The number of carbonyl (C=O) groups excluding carboxylic acids is 1. The molecule has 0 aliphatic heterocycles. The minimum atomic E-state index is -4.83. The molecule has 2 heterocycles. The Morgan fingerprint density at radius 2 is 1.86 bits per heavy atom. The molecule has 35 heavy (non-hydrogen) atoms. The lowest BCUT2D eigenvalue weighted by molar-refractivity contribution is -0.274. The van der Waals surface area contributed by atoms with Crippen molar-refractivity contribution >= 4 is 11.7 Å². The summed E-state index contributed by atoms with van der Waals surface area (Å²) in [5, 5.41) is 13.4. The molecule has 8 nitrogen and oxygen atoms in total. The Morgan fingerprint density at radius 3 is 2.51 bits per heavy atom. The first-order valence-corrected chi connectivity index (χ1v) is 11.3. The third-order valence-electron chi connectivity index (χ3n) is 6.08. The lowest BCUT2D eigenvalue weighted by Gasteiger charge is -2.20. The second-order valence-corrected chi connectivity index (χ2v) is 8.53. The Bertz CT molecular complexity index is 1260. The van der Waals surface area contributed by atoms with Crippen LogP contribution in [0.25, 0.3) is 5.69 Å². The molecule has 3 aromatic rings. The number of alkyl halides is 3. The van der Waals surface area contributed by atoms with Gasteiger partial charge >= 0.3 is 12.1 Å². The van der Waals surface area contributed by atoms with E-state index in [1.165, 1.54) is 22.9 Å². The van der Waals surface area contributed by atoms with Crippen LogP contribution in [0.2, 0.25) is 0 Å². The summed E-state index contributed by atoms with van der Waals surface area (Å²) in [7, 11) is 0. The summed E-state index contributed by atoms with van der Waals surface area (Å²) >= 11 is 0. The van der Waals surface area contributed by atoms with E-state index in [-0.39, 0.29) is 35.6 Å². The summed E-state index contributed by atoms with van der Waals surface area (Å²) in [4.78, 5) is 29.8. The number of benzene rings is 1. The molecule has 1 aliphatic carbocycles. The van der Waals surface area contributed by atoms with E-state index in [9.17, 15) is 27.9 Å². The lowest BCUT2D eigenvalue weighted by atomic mass is 9.89. The standard InChI is InChI=1S/C24H25F3N4O4/c1-15-22(33)31(18-7-9-19(10-8-18)35-24(25,26)27)23(34)30(15)14-16-11-12-28-20(13-16)29-21(32)17-5-3-2-4-6-17/h7-13,17,33H,2-6,14H2,1H3,(H,28,29,32). The van der Waals surface area contributed by atoms with Crippen molar-refractivity contribution in [2.24, 2.45) is 5.92 Å². The van der Waals surface area contributed by atoms with Crippen molar-refractivity contribution in [2.75, 3.05) is 5.32 Å². The predicted octanol–water partition coefficient (Wildman–Crippen LogP) is 4.51. The molecule has 186 valence electrons. The fourth-order valence-electron chi connectivity index (χ4n) is 4.27. The van der Waals surface area contributed by atoms with Gasteiger partial charge in [-0.2, -0.15) is 0 Å². The molecule has 1 aliphatic rings. The average molecular weight is 490 g/mol. The van der Waals surface area contributed by atoms with Crippen LogP contribution in [0.3, 0.4) is 0 Å². The fourth-order valence-corrected chi connectivity index (χ4v) is 4.27. The summed E-state index contributed by atoms with van der Waals surface area (Å²) in [5.74, 6) is -0.487. The molecule has 0 atom stereocenters. The van der Waals surface area contributed by atoms with Crippen LogP contribution in [-0.4, -0.2) is 31.5 Å². The average Bonchev–Trinajstić information content (AvgIpc) is 3.02. The molecule has 0 radical (unpaired) electrons. The van der Waals surface area contributed by atoms with Crippen molar-refractivity contribution in [2.45, 2.75) is 51.9 Å². The van der Waals surface area contributed by atoms with Crippen LogP contribution in [0.15, 0.2) is 47.4 Å². The van der Waals surface area contributed by atoms with Crippen LogP contribution in [-0.2, 0) is 11.3 Å². The molecule has 0 spiro atoms. The molecule has 2 N–H and O–H groups in total. The number of nitrogens with one attached hydrogen (secondary N) is 1. The highest BCUT2D eigenvalue weighted by molar-refractivity contribution is 5.91. The molecule has 0 unspecified atom stereocenters. The molecule has 0 bridgehead atoms. The highest BCUT2D eigenvalue weighted by Crippen LogP contribution is 2.27. The molecular formula is C24H25F3N4O4. The number of hydrogen-bond acceptors (Lipinski definition) is 5. The van der Waals surface area contributed by atoms with E-state index in [0.29, 0.717) is 11.4 Å². The molecule has 1 saturated carbocycles. The van der Waals surface area contributed by atoms with Crippen molar-refractivity contribution in [1.82, 2.24) is 14.1 Å². The van der Waals surface area contributed by atoms with Crippen molar-refractivity contribution in [3.63, 3.8) is 0 Å². The number of halogens is 3. The Kier molecular flexibility index (Phi) is 6.86. The van der Waals surface area contributed by atoms with E-state index < -0.39 is 17.8 Å². The zero-order chi connectivity index (χ0) is 25.2. The smallest absolute Gasteiger partial charge is 0.493 e. The quantitative estimate of drug-likeness (QED) is 0.530. The summed E-state index contributed by atoms with van der Waals surface area (Å²) in [5.41, 5.74) is 0.554. The SMILES string of the molecule is Cc1c(O)n(-c2ccc(OC(F)(F)F)cc2)c(=O)n1Cc1ccnc(NC(=O)C2CCCCC2)c1. The number of hydrogen-bond donors (Lipinski definition) is 2. The van der Waals surface area contributed by atoms with Gasteiger partial charge in [-0.15, -0.1) is 13.2 Å². The predicted molar refractivity (Wildman–Crippen MR) is 122 cm³/mol. The van der Waals surface area contributed by atoms with E-state index >= 15 is 0 Å². The Balaban J connectivity index is 1.54. The molecule has 2 aromatic heterocycles. The van der Waals surface area contributed by atoms with Crippen molar-refractivity contribution < 1.29 is 27.8 Å². The number of pyridine rings is 1. The largest absolute Gasteiger partial charge is 0.573 e. The monoisotopic (exact) mass is 490 g/mol. The fraction of sp³-hybridized carbons (Fsp3) is 0.375. The number of aromatic hydroxyl groups is 1. The van der Waals surface area contributed by atoms with Crippen molar-refractivity contribution in [3.8, 4) is 17.3 Å².